The van der Waals surface area contributed by atoms with Crippen molar-refractivity contribution < 1.29 is 19.5 Å². The number of aliphatic carboxylic acids is 1. The van der Waals surface area contributed by atoms with Crippen LogP contribution < -0.4 is 16.4 Å². The maximum Gasteiger partial charge on any atom is 0.328 e. The largest absolute Gasteiger partial charge is 0.480 e. The number of amides is 2. The van der Waals surface area contributed by atoms with Gasteiger partial charge in [0.05, 0.1) is 32.5 Å². The van der Waals surface area contributed by atoms with Crippen LogP contribution in [0.15, 0.2) is 66.8 Å². The Balaban J connectivity index is 1.30. The highest BCUT2D eigenvalue weighted by Gasteiger charge is 2.30. The van der Waals surface area contributed by atoms with Crippen LogP contribution in [-0.2, 0) is 22.6 Å². The highest BCUT2D eigenvalue weighted by atomic mass is 35.5. The van der Waals surface area contributed by atoms with E-state index in [-0.39, 0.29) is 40.3 Å². The Bertz CT molecular complexity index is 1710. The first-order valence-electron chi connectivity index (χ1n) is 12.9. The number of benzene rings is 2. The number of pyridine rings is 1. The van der Waals surface area contributed by atoms with Gasteiger partial charge in [0.2, 0.25) is 0 Å². The average Bonchev–Trinajstić information content (AvgIpc) is 2.98. The van der Waals surface area contributed by atoms with Crippen LogP contribution in [0.25, 0.3) is 17.0 Å². The fourth-order valence-electron chi connectivity index (χ4n) is 4.67. The third kappa shape index (κ3) is 6.12. The molecule has 0 radical (unpaired) electrons. The molecule has 1 atom stereocenters. The van der Waals surface area contributed by atoms with E-state index in [9.17, 15) is 19.5 Å². The molecule has 2 amide bonds. The second-order valence-electron chi connectivity index (χ2n) is 9.50. The van der Waals surface area contributed by atoms with Crippen molar-refractivity contribution in [2.75, 3.05) is 18.4 Å². The van der Waals surface area contributed by atoms with Crippen molar-refractivity contribution in [3.8, 4) is 0 Å². The van der Waals surface area contributed by atoms with Crippen LogP contribution in [0.1, 0.15) is 27.2 Å². The molecule has 42 heavy (non-hydrogen) atoms. The number of halogens is 2. The number of carboxylic acid groups (broad SMARTS) is 1. The Morgan fingerprint density at radius 1 is 1.10 bits per heavy atom. The molecule has 0 saturated carbocycles. The van der Waals surface area contributed by atoms with Crippen molar-refractivity contribution in [2.24, 2.45) is 5.73 Å². The van der Waals surface area contributed by atoms with Gasteiger partial charge in [-0.3, -0.25) is 14.6 Å². The number of carbonyl (C=O) groups is 3. The molecule has 3 heterocycles. The summed E-state index contributed by atoms with van der Waals surface area (Å²) in [5.74, 6) is -1.94. The van der Waals surface area contributed by atoms with Gasteiger partial charge in [0.25, 0.3) is 11.8 Å². The summed E-state index contributed by atoms with van der Waals surface area (Å²) in [7, 11) is 0. The number of aromatic nitrogens is 3. The van der Waals surface area contributed by atoms with Crippen LogP contribution in [0.2, 0.25) is 10.0 Å². The standard InChI is InChI=1S/C29H25Cl2N7O4/c30-20-11-16-14-38(28(40)21(32)12-17-5-3-4-9-33-17)10-8-18(16)25(31)24(20)27(39)37-23(29(41)42)13-34-26-19-6-1-2-7-22(19)35-15-36-26/h1-7,9,11-12,15,23H,8,10,13-14,32H2,(H,37,39)(H,41,42)(H,34,35,36)/t23-/m0/s1. The van der Waals surface area contributed by atoms with Crippen molar-refractivity contribution in [1.82, 2.24) is 25.2 Å². The third-order valence-electron chi connectivity index (χ3n) is 6.78. The van der Waals surface area contributed by atoms with Gasteiger partial charge in [0, 0.05) is 31.2 Å². The Morgan fingerprint density at radius 3 is 2.64 bits per heavy atom. The summed E-state index contributed by atoms with van der Waals surface area (Å²) in [6.45, 7) is 0.327. The van der Waals surface area contributed by atoms with E-state index >= 15 is 0 Å². The highest BCUT2D eigenvalue weighted by molar-refractivity contribution is 6.40. The molecule has 13 heteroatoms. The van der Waals surface area contributed by atoms with Gasteiger partial charge < -0.3 is 26.4 Å². The second-order valence-corrected chi connectivity index (χ2v) is 10.3. The Hall–Kier alpha value is -4.74. The van der Waals surface area contributed by atoms with Crippen LogP contribution in [0.3, 0.4) is 0 Å². The summed E-state index contributed by atoms with van der Waals surface area (Å²) < 4.78 is 0. The molecule has 0 fully saturated rings. The van der Waals surface area contributed by atoms with E-state index in [0.29, 0.717) is 46.5 Å². The molecular weight excluding hydrogens is 581 g/mol. The molecule has 4 aromatic rings. The first-order chi connectivity index (χ1) is 20.2. The Morgan fingerprint density at radius 2 is 1.88 bits per heavy atom. The summed E-state index contributed by atoms with van der Waals surface area (Å²) in [6, 6.07) is 12.8. The summed E-state index contributed by atoms with van der Waals surface area (Å²) in [5.41, 5.74) is 8.61. The molecule has 1 aliphatic heterocycles. The second kappa shape index (κ2) is 12.4. The number of carboxylic acids is 1. The van der Waals surface area contributed by atoms with Gasteiger partial charge in [-0.15, -0.1) is 0 Å². The molecule has 0 aliphatic carbocycles. The van der Waals surface area contributed by atoms with Crippen LogP contribution in [-0.4, -0.2) is 61.9 Å². The van der Waals surface area contributed by atoms with Gasteiger partial charge in [-0.2, -0.15) is 0 Å². The van der Waals surface area contributed by atoms with Gasteiger partial charge in [-0.1, -0.05) is 41.4 Å². The number of rotatable bonds is 8. The van der Waals surface area contributed by atoms with Gasteiger partial charge in [-0.25, -0.2) is 14.8 Å². The van der Waals surface area contributed by atoms with Crippen LogP contribution in [0.5, 0.6) is 0 Å². The lowest BCUT2D eigenvalue weighted by Crippen LogP contribution is -2.45. The average molecular weight is 606 g/mol. The van der Waals surface area contributed by atoms with Crippen LogP contribution in [0.4, 0.5) is 5.82 Å². The Labute approximate surface area is 250 Å². The number of nitrogens with two attached hydrogens (primary N) is 1. The number of hydrogen-bond acceptors (Lipinski definition) is 8. The minimum Gasteiger partial charge on any atom is -0.480 e. The zero-order valence-corrected chi connectivity index (χ0v) is 23.6. The predicted octanol–water partition coefficient (Wildman–Crippen LogP) is 3.51. The smallest absolute Gasteiger partial charge is 0.328 e. The van der Waals surface area contributed by atoms with E-state index in [1.807, 2.05) is 18.2 Å². The quantitative estimate of drug-likeness (QED) is 0.220. The molecule has 1 aliphatic rings. The van der Waals surface area contributed by atoms with E-state index in [2.05, 4.69) is 25.6 Å². The zero-order chi connectivity index (χ0) is 29.8. The molecule has 2 aromatic heterocycles. The number of nitrogens with zero attached hydrogens (tertiary/aromatic N) is 4. The molecule has 5 rings (SSSR count). The fraction of sp³-hybridized carbons (Fsp3) is 0.172. The number of hydrogen-bond donors (Lipinski definition) is 4. The Kier molecular flexibility index (Phi) is 8.51. The maximum absolute atomic E-state index is 13.3. The van der Waals surface area contributed by atoms with Crippen LogP contribution in [0, 0.1) is 0 Å². The van der Waals surface area contributed by atoms with E-state index in [1.54, 1.807) is 41.4 Å². The highest BCUT2D eigenvalue weighted by Crippen LogP contribution is 2.35. The number of anilines is 1. The van der Waals surface area contributed by atoms with Gasteiger partial charge >= 0.3 is 5.97 Å². The molecule has 2 aromatic carbocycles. The van der Waals surface area contributed by atoms with Crippen molar-refractivity contribution in [2.45, 2.75) is 19.0 Å². The van der Waals surface area contributed by atoms with Gasteiger partial charge in [-0.05, 0) is 54.0 Å². The summed E-state index contributed by atoms with van der Waals surface area (Å²) >= 11 is 13.1. The lowest BCUT2D eigenvalue weighted by Gasteiger charge is -2.30. The van der Waals surface area contributed by atoms with Crippen molar-refractivity contribution in [1.29, 1.82) is 0 Å². The topological polar surface area (TPSA) is 163 Å². The van der Waals surface area contributed by atoms with Crippen LogP contribution >= 0.6 is 23.2 Å². The molecule has 0 spiro atoms. The monoisotopic (exact) mass is 605 g/mol. The summed E-state index contributed by atoms with van der Waals surface area (Å²) in [4.78, 5) is 52.3. The molecule has 0 saturated heterocycles. The molecule has 5 N–H and O–H groups in total. The number of para-hydroxylation sites is 1. The first-order valence-corrected chi connectivity index (χ1v) is 13.6. The maximum atomic E-state index is 13.3. The molecule has 0 bridgehead atoms. The van der Waals surface area contributed by atoms with Gasteiger partial charge in [0.15, 0.2) is 0 Å². The van der Waals surface area contributed by atoms with Crippen molar-refractivity contribution in [3.63, 3.8) is 0 Å². The lowest BCUT2D eigenvalue weighted by molar-refractivity contribution is -0.138. The molecule has 0 unspecified atom stereocenters. The third-order valence-corrected chi connectivity index (χ3v) is 7.49. The molecule has 214 valence electrons. The van der Waals surface area contributed by atoms with Gasteiger partial charge in [0.1, 0.15) is 18.2 Å². The predicted molar refractivity (Wildman–Crippen MR) is 159 cm³/mol. The lowest BCUT2D eigenvalue weighted by atomic mass is 9.96. The number of fused-ring (bicyclic) bond motifs is 2. The number of carbonyl (C=O) groups excluding carboxylic acids is 2. The van der Waals surface area contributed by atoms with E-state index in [0.717, 1.165) is 0 Å². The fourth-order valence-corrected chi connectivity index (χ4v) is 5.44. The summed E-state index contributed by atoms with van der Waals surface area (Å²) in [5, 5.41) is 16.1. The van der Waals surface area contributed by atoms with E-state index < -0.39 is 17.9 Å². The van der Waals surface area contributed by atoms with E-state index in [1.165, 1.54) is 12.4 Å². The first kappa shape index (κ1) is 28.8. The van der Waals surface area contributed by atoms with Crippen molar-refractivity contribution in [3.05, 3.63) is 99.2 Å². The minimum absolute atomic E-state index is 0.0291. The van der Waals surface area contributed by atoms with Crippen molar-refractivity contribution >= 4 is 63.8 Å². The normalized spacial score (nSPS) is 13.8. The molecule has 11 nitrogen and oxygen atoms in total. The van der Waals surface area contributed by atoms with E-state index in [4.69, 9.17) is 28.9 Å². The SMILES string of the molecule is NC(=Cc1ccccn1)C(=O)N1CCc2c(cc(Cl)c(C(=O)N[C@@H](CNc3ncnc4ccccc34)C(=O)O)c2Cl)C1. The number of nitrogens with one attached hydrogen (secondary N) is 2. The summed E-state index contributed by atoms with van der Waals surface area (Å²) in [6.07, 6.45) is 4.82. The minimum atomic E-state index is -1.32. The zero-order valence-electron chi connectivity index (χ0n) is 22.1. The molecular formula is C29H25Cl2N7O4.